The fourth-order valence-corrected chi connectivity index (χ4v) is 4.90. The summed E-state index contributed by atoms with van der Waals surface area (Å²) in [5.74, 6) is -0.647. The van der Waals surface area contributed by atoms with Crippen molar-refractivity contribution in [1.82, 2.24) is 19.9 Å². The van der Waals surface area contributed by atoms with Crippen LogP contribution in [-0.2, 0) is 11.2 Å². The highest BCUT2D eigenvalue weighted by molar-refractivity contribution is 5.83. The number of aromatic nitrogens is 3. The first-order valence-electron chi connectivity index (χ1n) is 11.8. The number of pyridine rings is 1. The highest BCUT2D eigenvalue weighted by atomic mass is 19.1. The molecule has 1 saturated heterocycles. The lowest BCUT2D eigenvalue weighted by Crippen LogP contribution is -2.44. The maximum atomic E-state index is 15.4. The number of carboxylic acids is 1. The molecule has 2 aromatic heterocycles. The van der Waals surface area contributed by atoms with E-state index in [9.17, 15) is 9.90 Å². The van der Waals surface area contributed by atoms with E-state index in [1.807, 2.05) is 18.2 Å². The lowest BCUT2D eigenvalue weighted by molar-refractivity contribution is -0.146. The number of ether oxygens (including phenoxy) is 1. The van der Waals surface area contributed by atoms with Crippen molar-refractivity contribution in [3.05, 3.63) is 60.3 Å². The molecule has 1 aliphatic rings. The van der Waals surface area contributed by atoms with E-state index in [0.717, 1.165) is 48.9 Å². The van der Waals surface area contributed by atoms with E-state index in [-0.39, 0.29) is 12.3 Å². The number of hydrogen-bond donors (Lipinski definition) is 1. The molecule has 0 bridgehead atoms. The predicted octanol–water partition coefficient (Wildman–Crippen LogP) is 4.48. The Bertz CT molecular complexity index is 1100. The first kappa shape index (κ1) is 24.0. The van der Waals surface area contributed by atoms with Crippen LogP contribution in [0.25, 0.3) is 10.9 Å². The highest BCUT2D eigenvalue weighted by Gasteiger charge is 2.34. The van der Waals surface area contributed by atoms with Crippen LogP contribution in [0.4, 0.5) is 4.39 Å². The molecular formula is C26H31FN4O3. The Morgan fingerprint density at radius 1 is 1.26 bits per heavy atom. The van der Waals surface area contributed by atoms with E-state index in [4.69, 9.17) is 4.74 Å². The number of nitrogens with zero attached hydrogens (tertiary/aromatic N) is 4. The Labute approximate surface area is 199 Å². The second-order valence-electron chi connectivity index (χ2n) is 8.92. The number of halogens is 1. The van der Waals surface area contributed by atoms with Gasteiger partial charge in [-0.3, -0.25) is 19.7 Å². The number of fused-ring (bicyclic) bond motifs is 1. The summed E-state index contributed by atoms with van der Waals surface area (Å²) >= 11 is 0. The summed E-state index contributed by atoms with van der Waals surface area (Å²) in [4.78, 5) is 26.9. The van der Waals surface area contributed by atoms with Gasteiger partial charge in [-0.25, -0.2) is 4.39 Å². The molecular weight excluding hydrogens is 435 g/mol. The Balaban J connectivity index is 1.34. The summed E-state index contributed by atoms with van der Waals surface area (Å²) in [6, 6.07) is 7.15. The van der Waals surface area contributed by atoms with Gasteiger partial charge in [-0.05, 0) is 80.9 Å². The summed E-state index contributed by atoms with van der Waals surface area (Å²) in [7, 11) is 1.58. The van der Waals surface area contributed by atoms with Gasteiger partial charge in [-0.1, -0.05) is 0 Å². The summed E-state index contributed by atoms with van der Waals surface area (Å²) in [5.41, 5.74) is 2.25. The molecule has 3 heterocycles. The zero-order valence-electron chi connectivity index (χ0n) is 19.4. The van der Waals surface area contributed by atoms with Crippen molar-refractivity contribution in [2.45, 2.75) is 38.3 Å². The van der Waals surface area contributed by atoms with Gasteiger partial charge >= 0.3 is 5.97 Å². The van der Waals surface area contributed by atoms with Crippen LogP contribution in [0.3, 0.4) is 0 Å². The van der Waals surface area contributed by atoms with Crippen LogP contribution in [0.1, 0.15) is 43.1 Å². The predicted molar refractivity (Wildman–Crippen MR) is 127 cm³/mol. The highest BCUT2D eigenvalue weighted by Crippen LogP contribution is 2.35. The summed E-state index contributed by atoms with van der Waals surface area (Å²) in [6.45, 7) is 2.16. The topological polar surface area (TPSA) is 88.4 Å². The summed E-state index contributed by atoms with van der Waals surface area (Å²) in [6.07, 6.45) is 8.86. The number of aryl methyl sites for hydroxylation is 1. The van der Waals surface area contributed by atoms with Gasteiger partial charge in [0.25, 0.3) is 0 Å². The standard InChI is InChI=1S/C26H31FN4O3/c1-34-20-5-7-25-22(15-20)21(8-10-30-25)24(27)6-4-18-9-14-31(17-23(18)26(32)33)13-2-3-19-16-28-11-12-29-19/h5,7-8,10-12,15-16,18,23-24H,2-4,6,9,13-14,17H2,1H3,(H,32,33)/t18-,23+,24?/m1/s1. The third-order valence-corrected chi connectivity index (χ3v) is 6.79. The van der Waals surface area contributed by atoms with E-state index in [0.29, 0.717) is 24.3 Å². The molecule has 0 radical (unpaired) electrons. The molecule has 3 atom stereocenters. The van der Waals surface area contributed by atoms with Crippen molar-refractivity contribution in [1.29, 1.82) is 0 Å². The first-order chi connectivity index (χ1) is 16.5. The van der Waals surface area contributed by atoms with Crippen molar-refractivity contribution in [2.24, 2.45) is 11.8 Å². The second kappa shape index (κ2) is 11.3. The van der Waals surface area contributed by atoms with E-state index < -0.39 is 18.1 Å². The van der Waals surface area contributed by atoms with E-state index >= 15 is 4.39 Å². The van der Waals surface area contributed by atoms with Crippen molar-refractivity contribution in [3.63, 3.8) is 0 Å². The Kier molecular flexibility index (Phi) is 8.00. The van der Waals surface area contributed by atoms with Gasteiger partial charge in [0.15, 0.2) is 0 Å². The number of benzene rings is 1. The maximum absolute atomic E-state index is 15.4. The van der Waals surface area contributed by atoms with Crippen molar-refractivity contribution >= 4 is 16.9 Å². The molecule has 0 saturated carbocycles. The number of alkyl halides is 1. The monoisotopic (exact) mass is 466 g/mol. The van der Waals surface area contributed by atoms with Crippen LogP contribution < -0.4 is 4.74 Å². The van der Waals surface area contributed by atoms with Crippen molar-refractivity contribution < 1.29 is 19.0 Å². The minimum atomic E-state index is -1.18. The number of hydrogen-bond acceptors (Lipinski definition) is 6. The number of carbonyl (C=O) groups is 1. The zero-order chi connectivity index (χ0) is 23.9. The lowest BCUT2D eigenvalue weighted by atomic mass is 9.81. The van der Waals surface area contributed by atoms with Crippen molar-refractivity contribution in [3.8, 4) is 5.75 Å². The summed E-state index contributed by atoms with van der Waals surface area (Å²) < 4.78 is 20.6. The molecule has 180 valence electrons. The molecule has 1 unspecified atom stereocenters. The Morgan fingerprint density at radius 3 is 2.91 bits per heavy atom. The van der Waals surface area contributed by atoms with Crippen LogP contribution in [0.2, 0.25) is 0 Å². The normalized spacial score (nSPS) is 19.7. The number of piperidine rings is 1. The lowest BCUT2D eigenvalue weighted by Gasteiger charge is -2.36. The molecule has 3 aromatic rings. The average molecular weight is 467 g/mol. The van der Waals surface area contributed by atoms with E-state index in [2.05, 4.69) is 19.9 Å². The van der Waals surface area contributed by atoms with Crippen molar-refractivity contribution in [2.75, 3.05) is 26.7 Å². The molecule has 1 fully saturated rings. The molecule has 0 aliphatic carbocycles. The van der Waals surface area contributed by atoms with E-state index in [1.54, 1.807) is 38.0 Å². The van der Waals surface area contributed by atoms with E-state index in [1.165, 1.54) is 0 Å². The summed E-state index contributed by atoms with van der Waals surface area (Å²) in [5, 5.41) is 10.6. The number of carboxylic acid groups (broad SMARTS) is 1. The quantitative estimate of drug-likeness (QED) is 0.471. The van der Waals surface area contributed by atoms with Gasteiger partial charge in [0, 0.05) is 36.7 Å². The molecule has 7 nitrogen and oxygen atoms in total. The molecule has 1 aliphatic heterocycles. The van der Waals surface area contributed by atoms with Gasteiger partial charge in [-0.15, -0.1) is 0 Å². The minimum absolute atomic E-state index is 0.0328. The van der Waals surface area contributed by atoms with Gasteiger partial charge < -0.3 is 14.7 Å². The maximum Gasteiger partial charge on any atom is 0.308 e. The number of likely N-dealkylation sites (tertiary alicyclic amines) is 1. The van der Waals surface area contributed by atoms with Crippen LogP contribution in [0.5, 0.6) is 5.75 Å². The number of rotatable bonds is 10. The zero-order valence-corrected chi connectivity index (χ0v) is 19.4. The van der Waals surface area contributed by atoms with Crippen LogP contribution in [0, 0.1) is 11.8 Å². The number of methoxy groups -OCH3 is 1. The third kappa shape index (κ3) is 5.86. The largest absolute Gasteiger partial charge is 0.497 e. The van der Waals surface area contributed by atoms with Crippen LogP contribution in [0.15, 0.2) is 49.1 Å². The molecule has 1 N–H and O–H groups in total. The SMILES string of the molecule is COc1ccc2nccc(C(F)CC[C@@H]3CCN(CCCc4cnccn4)C[C@@H]3C(=O)O)c2c1. The molecule has 4 rings (SSSR count). The molecule has 0 amide bonds. The van der Waals surface area contributed by atoms with Crippen LogP contribution >= 0.6 is 0 Å². The van der Waals surface area contributed by atoms with Gasteiger partial charge in [0.2, 0.25) is 0 Å². The molecule has 34 heavy (non-hydrogen) atoms. The minimum Gasteiger partial charge on any atom is -0.497 e. The third-order valence-electron chi connectivity index (χ3n) is 6.79. The van der Waals surface area contributed by atoms with Gasteiger partial charge in [0.1, 0.15) is 11.9 Å². The number of aliphatic carboxylic acids is 1. The Hall–Kier alpha value is -3.13. The van der Waals surface area contributed by atoms with Crippen LogP contribution in [-0.4, -0.2) is 57.7 Å². The smallest absolute Gasteiger partial charge is 0.308 e. The second-order valence-corrected chi connectivity index (χ2v) is 8.92. The average Bonchev–Trinajstić information content (AvgIpc) is 2.87. The molecule has 0 spiro atoms. The van der Waals surface area contributed by atoms with Gasteiger partial charge in [-0.2, -0.15) is 0 Å². The fraction of sp³-hybridized carbons (Fsp3) is 0.462. The fourth-order valence-electron chi connectivity index (χ4n) is 4.90. The molecule has 8 heteroatoms. The Morgan fingerprint density at radius 2 is 2.15 bits per heavy atom. The molecule has 1 aromatic carbocycles. The first-order valence-corrected chi connectivity index (χ1v) is 11.8. The van der Waals surface area contributed by atoms with Gasteiger partial charge in [0.05, 0.1) is 24.2 Å².